The van der Waals surface area contributed by atoms with Gasteiger partial charge < -0.3 is 10.6 Å². The van der Waals surface area contributed by atoms with Crippen molar-refractivity contribution in [2.24, 2.45) is 0 Å². The van der Waals surface area contributed by atoms with Crippen molar-refractivity contribution in [1.82, 2.24) is 5.32 Å². The summed E-state index contributed by atoms with van der Waals surface area (Å²) in [6.07, 6.45) is 0. The van der Waals surface area contributed by atoms with Crippen LogP contribution >= 0.6 is 27.3 Å². The van der Waals surface area contributed by atoms with E-state index in [2.05, 4.69) is 52.5 Å². The van der Waals surface area contributed by atoms with Crippen molar-refractivity contribution in [3.8, 4) is 0 Å². The summed E-state index contributed by atoms with van der Waals surface area (Å²) in [5.41, 5.74) is 0.791. The molecule has 3 nitrogen and oxygen atoms in total. The van der Waals surface area contributed by atoms with E-state index in [0.717, 1.165) is 10.2 Å². The van der Waals surface area contributed by atoms with Gasteiger partial charge in [-0.2, -0.15) is 0 Å². The van der Waals surface area contributed by atoms with Crippen molar-refractivity contribution in [2.75, 3.05) is 11.9 Å². The minimum Gasteiger partial charge on any atom is -0.324 e. The van der Waals surface area contributed by atoms with Crippen molar-refractivity contribution in [1.29, 1.82) is 0 Å². The molecular formula is C15H17BrN2OS. The molecule has 0 aliphatic rings. The second-order valence-electron chi connectivity index (χ2n) is 4.58. The number of carbonyl (C=O) groups is 1. The molecule has 2 N–H and O–H groups in total. The fourth-order valence-electron chi connectivity index (χ4n) is 1.79. The van der Waals surface area contributed by atoms with E-state index in [1.165, 1.54) is 9.75 Å². The van der Waals surface area contributed by atoms with Crippen molar-refractivity contribution in [3.05, 3.63) is 50.6 Å². The molecule has 0 fully saturated rings. The first-order valence-corrected chi connectivity index (χ1v) is 8.01. The van der Waals surface area contributed by atoms with Crippen LogP contribution in [0.4, 0.5) is 5.69 Å². The SMILES string of the molecule is Cc1ccc(C(C)NCC(=O)Nc2ccccc2Br)s1. The lowest BCUT2D eigenvalue weighted by molar-refractivity contribution is -0.115. The van der Waals surface area contributed by atoms with Crippen LogP contribution in [0.15, 0.2) is 40.9 Å². The van der Waals surface area contributed by atoms with Gasteiger partial charge >= 0.3 is 0 Å². The smallest absolute Gasteiger partial charge is 0.238 e. The van der Waals surface area contributed by atoms with Crippen LogP contribution in [-0.2, 0) is 4.79 Å². The number of hydrogen-bond donors (Lipinski definition) is 2. The Labute approximate surface area is 131 Å². The largest absolute Gasteiger partial charge is 0.324 e. The molecule has 0 radical (unpaired) electrons. The van der Waals surface area contributed by atoms with E-state index in [0.29, 0.717) is 6.54 Å². The number of nitrogens with one attached hydrogen (secondary N) is 2. The Morgan fingerprint density at radius 1 is 1.30 bits per heavy atom. The number of thiophene rings is 1. The number of rotatable bonds is 5. The maximum absolute atomic E-state index is 11.9. The van der Waals surface area contributed by atoms with E-state index in [9.17, 15) is 4.79 Å². The number of amides is 1. The van der Waals surface area contributed by atoms with E-state index >= 15 is 0 Å². The van der Waals surface area contributed by atoms with Crippen molar-refractivity contribution in [3.63, 3.8) is 0 Å². The van der Waals surface area contributed by atoms with E-state index in [4.69, 9.17) is 0 Å². The summed E-state index contributed by atoms with van der Waals surface area (Å²) in [6, 6.07) is 12.0. The van der Waals surface area contributed by atoms with E-state index < -0.39 is 0 Å². The van der Waals surface area contributed by atoms with Gasteiger partial charge in [0.2, 0.25) is 5.91 Å². The lowest BCUT2D eigenvalue weighted by Gasteiger charge is -2.12. The Bertz CT molecular complexity index is 597. The highest BCUT2D eigenvalue weighted by Crippen LogP contribution is 2.23. The van der Waals surface area contributed by atoms with Crippen LogP contribution in [0, 0.1) is 6.92 Å². The van der Waals surface area contributed by atoms with E-state index in [1.54, 1.807) is 11.3 Å². The molecule has 1 aromatic heterocycles. The molecule has 2 aromatic rings. The minimum absolute atomic E-state index is 0.0444. The molecule has 2 rings (SSSR count). The Morgan fingerprint density at radius 3 is 2.70 bits per heavy atom. The molecule has 1 aromatic carbocycles. The zero-order chi connectivity index (χ0) is 14.5. The number of benzene rings is 1. The molecule has 0 saturated heterocycles. The average molecular weight is 353 g/mol. The van der Waals surface area contributed by atoms with Crippen molar-refractivity contribution >= 4 is 38.9 Å². The highest BCUT2D eigenvalue weighted by Gasteiger charge is 2.10. The third kappa shape index (κ3) is 4.16. The van der Waals surface area contributed by atoms with Crippen molar-refractivity contribution in [2.45, 2.75) is 19.9 Å². The Morgan fingerprint density at radius 2 is 2.05 bits per heavy atom. The molecule has 1 atom stereocenters. The summed E-state index contributed by atoms with van der Waals surface area (Å²) in [5.74, 6) is -0.0444. The standard InChI is InChI=1S/C15H17BrN2OS/c1-10-7-8-14(20-10)11(2)17-9-15(19)18-13-6-4-3-5-12(13)16/h3-8,11,17H,9H2,1-2H3,(H,18,19). The molecule has 1 unspecified atom stereocenters. The van der Waals surface area contributed by atoms with Crippen LogP contribution in [0.1, 0.15) is 22.7 Å². The summed E-state index contributed by atoms with van der Waals surface area (Å²) in [5, 5.41) is 6.11. The number of halogens is 1. The van der Waals surface area contributed by atoms with Gasteiger partial charge in [-0.3, -0.25) is 4.79 Å². The third-order valence-corrected chi connectivity index (χ3v) is 4.78. The second kappa shape index (κ2) is 7.02. The normalized spacial score (nSPS) is 12.2. The van der Waals surface area contributed by atoms with Gasteiger partial charge in [0.1, 0.15) is 0 Å². The molecular weight excluding hydrogens is 336 g/mol. The zero-order valence-corrected chi connectivity index (χ0v) is 13.8. The molecule has 0 saturated carbocycles. The van der Waals surface area contributed by atoms with E-state index in [-0.39, 0.29) is 11.9 Å². The van der Waals surface area contributed by atoms with Gasteiger partial charge in [0.05, 0.1) is 12.2 Å². The monoisotopic (exact) mass is 352 g/mol. The highest BCUT2D eigenvalue weighted by atomic mass is 79.9. The van der Waals surface area contributed by atoms with Gasteiger partial charge in [0.15, 0.2) is 0 Å². The summed E-state index contributed by atoms with van der Waals surface area (Å²) >= 11 is 5.16. The van der Waals surface area contributed by atoms with Crippen LogP contribution in [0.3, 0.4) is 0 Å². The zero-order valence-electron chi connectivity index (χ0n) is 11.4. The molecule has 0 spiro atoms. The topological polar surface area (TPSA) is 41.1 Å². The fraction of sp³-hybridized carbons (Fsp3) is 0.267. The summed E-state index contributed by atoms with van der Waals surface area (Å²) in [7, 11) is 0. The maximum atomic E-state index is 11.9. The minimum atomic E-state index is -0.0444. The summed E-state index contributed by atoms with van der Waals surface area (Å²) in [4.78, 5) is 14.4. The molecule has 0 bridgehead atoms. The highest BCUT2D eigenvalue weighted by molar-refractivity contribution is 9.10. The number of para-hydroxylation sites is 1. The van der Waals surface area contributed by atoms with Crippen molar-refractivity contribution < 1.29 is 4.79 Å². The summed E-state index contributed by atoms with van der Waals surface area (Å²) < 4.78 is 0.885. The van der Waals surface area contributed by atoms with Gasteiger partial charge in [0, 0.05) is 20.3 Å². The predicted octanol–water partition coefficient (Wildman–Crippen LogP) is 4.11. The molecule has 1 heterocycles. The molecule has 20 heavy (non-hydrogen) atoms. The quantitative estimate of drug-likeness (QED) is 0.849. The Hall–Kier alpha value is -1.17. The van der Waals surface area contributed by atoms with Gasteiger partial charge in [-0.15, -0.1) is 11.3 Å². The van der Waals surface area contributed by atoms with Crippen LogP contribution in [0.25, 0.3) is 0 Å². The van der Waals surface area contributed by atoms with Crippen LogP contribution < -0.4 is 10.6 Å². The molecule has 1 amide bonds. The average Bonchev–Trinajstić information content (AvgIpc) is 2.85. The van der Waals surface area contributed by atoms with E-state index in [1.807, 2.05) is 24.3 Å². The van der Waals surface area contributed by atoms with Crippen LogP contribution in [0.5, 0.6) is 0 Å². The lowest BCUT2D eigenvalue weighted by atomic mass is 10.2. The lowest BCUT2D eigenvalue weighted by Crippen LogP contribution is -2.29. The first-order valence-electron chi connectivity index (χ1n) is 6.40. The Balaban J connectivity index is 1.85. The van der Waals surface area contributed by atoms with Gasteiger partial charge in [-0.05, 0) is 54.0 Å². The summed E-state index contributed by atoms with van der Waals surface area (Å²) in [6.45, 7) is 4.44. The van der Waals surface area contributed by atoms with Crippen LogP contribution in [-0.4, -0.2) is 12.5 Å². The second-order valence-corrected chi connectivity index (χ2v) is 6.75. The van der Waals surface area contributed by atoms with Gasteiger partial charge in [-0.25, -0.2) is 0 Å². The first kappa shape index (κ1) is 15.2. The Kier molecular flexibility index (Phi) is 5.34. The van der Waals surface area contributed by atoms with Gasteiger partial charge in [0.25, 0.3) is 0 Å². The number of aryl methyl sites for hydroxylation is 1. The molecule has 5 heteroatoms. The number of anilines is 1. The number of hydrogen-bond acceptors (Lipinski definition) is 3. The predicted molar refractivity (Wildman–Crippen MR) is 88.2 cm³/mol. The molecule has 106 valence electrons. The third-order valence-electron chi connectivity index (χ3n) is 2.90. The van der Waals surface area contributed by atoms with Crippen LogP contribution in [0.2, 0.25) is 0 Å². The maximum Gasteiger partial charge on any atom is 0.238 e. The first-order chi connectivity index (χ1) is 9.56. The molecule has 0 aliphatic heterocycles. The number of carbonyl (C=O) groups excluding carboxylic acids is 1. The molecule has 0 aliphatic carbocycles. The fourth-order valence-corrected chi connectivity index (χ4v) is 3.08. The van der Waals surface area contributed by atoms with Gasteiger partial charge in [-0.1, -0.05) is 12.1 Å².